The van der Waals surface area contributed by atoms with Gasteiger partial charge >= 0.3 is 0 Å². The Morgan fingerprint density at radius 1 is 0.531 bits per heavy atom. The molecule has 0 heterocycles. The lowest BCUT2D eigenvalue weighted by molar-refractivity contribution is 0.781. The Kier molecular flexibility index (Phi) is 5.46. The van der Waals surface area contributed by atoms with Gasteiger partial charge in [-0.15, -0.1) is 0 Å². The lowest BCUT2D eigenvalue weighted by Gasteiger charge is -2.21. The first kappa shape index (κ1) is 20.4. The van der Waals surface area contributed by atoms with E-state index < -0.39 is 0 Å². The van der Waals surface area contributed by atoms with Crippen LogP contribution in [0.1, 0.15) is 12.8 Å². The van der Waals surface area contributed by atoms with Gasteiger partial charge in [-0.1, -0.05) is 121 Å². The summed E-state index contributed by atoms with van der Waals surface area (Å²) in [6.45, 7) is 0. The molecule has 3 atom stereocenters. The van der Waals surface area contributed by atoms with Gasteiger partial charge < -0.3 is 0 Å². The molecule has 158 valence electrons. The van der Waals surface area contributed by atoms with E-state index in [0.717, 1.165) is 11.6 Å². The molecular formula is C30H28P2. The van der Waals surface area contributed by atoms with Crippen molar-refractivity contribution in [2.45, 2.75) is 18.5 Å². The van der Waals surface area contributed by atoms with Crippen LogP contribution in [-0.4, -0.2) is 11.8 Å². The van der Waals surface area contributed by atoms with E-state index in [2.05, 4.69) is 121 Å². The topological polar surface area (TPSA) is 0 Å². The van der Waals surface area contributed by atoms with Gasteiger partial charge in [0.1, 0.15) is 0 Å². The Morgan fingerprint density at radius 3 is 1.38 bits per heavy atom. The summed E-state index contributed by atoms with van der Waals surface area (Å²) in [4.78, 5) is 0. The van der Waals surface area contributed by atoms with Crippen molar-refractivity contribution >= 4 is 37.1 Å². The highest BCUT2D eigenvalue weighted by molar-refractivity contribution is 7.74. The van der Waals surface area contributed by atoms with Gasteiger partial charge in [0.15, 0.2) is 0 Å². The Morgan fingerprint density at radius 2 is 0.938 bits per heavy atom. The van der Waals surface area contributed by atoms with Gasteiger partial charge in [0.2, 0.25) is 0 Å². The van der Waals surface area contributed by atoms with Crippen LogP contribution in [0.5, 0.6) is 0 Å². The van der Waals surface area contributed by atoms with Crippen LogP contribution < -0.4 is 21.2 Å². The van der Waals surface area contributed by atoms with Crippen LogP contribution in [0.2, 0.25) is 0 Å². The highest BCUT2D eigenvalue weighted by Crippen LogP contribution is 2.80. The Hall–Kier alpha value is -2.26. The van der Waals surface area contributed by atoms with E-state index in [9.17, 15) is 0 Å². The second-order valence-corrected chi connectivity index (χ2v) is 13.8. The highest BCUT2D eigenvalue weighted by Gasteiger charge is 2.72. The van der Waals surface area contributed by atoms with Gasteiger partial charge in [0.25, 0.3) is 0 Å². The Labute approximate surface area is 194 Å². The Bertz CT molecular complexity index is 1080. The van der Waals surface area contributed by atoms with E-state index in [-0.39, 0.29) is 15.8 Å². The summed E-state index contributed by atoms with van der Waals surface area (Å²) in [7, 11) is -0.563. The Balaban J connectivity index is 1.26. The second-order valence-electron chi connectivity index (χ2n) is 9.18. The van der Waals surface area contributed by atoms with Crippen LogP contribution in [-0.2, 0) is 0 Å². The third kappa shape index (κ3) is 3.85. The first-order valence-electron chi connectivity index (χ1n) is 11.6. The van der Waals surface area contributed by atoms with Crippen molar-refractivity contribution in [3.05, 3.63) is 121 Å². The fourth-order valence-corrected chi connectivity index (χ4v) is 11.5. The number of hydrogen-bond acceptors (Lipinski definition) is 0. The van der Waals surface area contributed by atoms with E-state index in [1.54, 1.807) is 10.6 Å². The molecule has 2 fully saturated rings. The molecule has 1 spiro atoms. The largest absolute Gasteiger partial charge is 0.0622 e. The fraction of sp³-hybridized carbons (Fsp3) is 0.200. The molecule has 2 aliphatic carbocycles. The molecule has 0 bridgehead atoms. The van der Waals surface area contributed by atoms with Crippen LogP contribution in [0.15, 0.2) is 121 Å². The predicted octanol–water partition coefficient (Wildman–Crippen LogP) is 6.03. The molecule has 0 aliphatic heterocycles. The van der Waals surface area contributed by atoms with Gasteiger partial charge in [0.05, 0.1) is 0 Å². The van der Waals surface area contributed by atoms with E-state index >= 15 is 0 Å². The molecule has 0 amide bonds. The molecule has 0 unspecified atom stereocenters. The van der Waals surface area contributed by atoms with E-state index in [1.165, 1.54) is 29.6 Å². The minimum Gasteiger partial charge on any atom is -0.0622 e. The van der Waals surface area contributed by atoms with E-state index in [1.807, 2.05) is 0 Å². The van der Waals surface area contributed by atoms with Crippen LogP contribution in [0.4, 0.5) is 0 Å². The van der Waals surface area contributed by atoms with Crippen molar-refractivity contribution in [1.82, 2.24) is 0 Å². The quantitative estimate of drug-likeness (QED) is 0.302. The first-order valence-corrected chi connectivity index (χ1v) is 14.6. The third-order valence-electron chi connectivity index (χ3n) is 7.28. The minimum atomic E-state index is -0.286. The van der Waals surface area contributed by atoms with Gasteiger partial charge in [-0.25, -0.2) is 0 Å². The summed E-state index contributed by atoms with van der Waals surface area (Å²) in [6, 6.07) is 45.1. The van der Waals surface area contributed by atoms with Crippen molar-refractivity contribution in [2.24, 2.45) is 11.3 Å². The second kappa shape index (κ2) is 8.59. The molecule has 0 radical (unpaired) electrons. The first-order chi connectivity index (χ1) is 15.9. The maximum absolute atomic E-state index is 2.36. The summed E-state index contributed by atoms with van der Waals surface area (Å²) in [5.74, 6) is 0.872. The molecule has 4 aromatic rings. The normalized spacial score (nSPS) is 23.6. The van der Waals surface area contributed by atoms with Gasteiger partial charge in [-0.2, -0.15) is 0 Å². The number of hydrogen-bond donors (Lipinski definition) is 0. The zero-order valence-corrected chi connectivity index (χ0v) is 20.0. The molecule has 0 saturated heterocycles. The van der Waals surface area contributed by atoms with Crippen molar-refractivity contribution in [1.29, 1.82) is 0 Å². The van der Waals surface area contributed by atoms with Gasteiger partial charge in [-0.3, -0.25) is 0 Å². The van der Waals surface area contributed by atoms with E-state index in [0.29, 0.717) is 5.41 Å². The monoisotopic (exact) mass is 450 g/mol. The smallest absolute Gasteiger partial charge is 0.00635 e. The lowest BCUT2D eigenvalue weighted by atomic mass is 10.3. The average Bonchev–Trinajstić information content (AvgIpc) is 3.77. The predicted molar refractivity (Wildman–Crippen MR) is 142 cm³/mol. The number of rotatable bonds is 7. The third-order valence-corrected chi connectivity index (χ3v) is 13.0. The molecule has 0 nitrogen and oxygen atoms in total. The molecule has 0 N–H and O–H groups in total. The van der Waals surface area contributed by atoms with Crippen LogP contribution in [0.25, 0.3) is 0 Å². The maximum atomic E-state index is 2.36. The summed E-state index contributed by atoms with van der Waals surface area (Å²) >= 11 is 0. The SMILES string of the molecule is c1ccc(P(C[C@H]2C[C@@]23C[C@H]3P(c2ccccc2)c2ccccc2)c2ccccc2)cc1. The van der Waals surface area contributed by atoms with Crippen LogP contribution in [0.3, 0.4) is 0 Å². The van der Waals surface area contributed by atoms with Crippen molar-refractivity contribution < 1.29 is 0 Å². The fourth-order valence-electron chi connectivity index (χ4n) is 5.44. The zero-order valence-electron chi connectivity index (χ0n) is 18.2. The molecule has 4 aromatic carbocycles. The molecule has 2 heteroatoms. The van der Waals surface area contributed by atoms with Crippen molar-refractivity contribution in [3.63, 3.8) is 0 Å². The average molecular weight is 451 g/mol. The molecule has 2 aliphatic rings. The molecular weight excluding hydrogens is 422 g/mol. The molecule has 0 aromatic heterocycles. The van der Waals surface area contributed by atoms with Gasteiger partial charge in [-0.05, 0) is 73.1 Å². The zero-order chi connectivity index (χ0) is 21.4. The highest BCUT2D eigenvalue weighted by atomic mass is 31.1. The standard InChI is InChI=1S/C30H28P2/c1-5-13-25(14-6-1)31(26-15-7-2-8-16-26)23-24-21-30(24)22-29(30)32(27-17-9-3-10-18-27)28-19-11-4-12-20-28/h1-20,24,29H,21-23H2/t24-,29-,30-/m1/s1. The van der Waals surface area contributed by atoms with Crippen LogP contribution in [0, 0.1) is 11.3 Å². The molecule has 6 rings (SSSR count). The van der Waals surface area contributed by atoms with Crippen LogP contribution >= 0.6 is 15.8 Å². The van der Waals surface area contributed by atoms with E-state index in [4.69, 9.17) is 0 Å². The molecule has 2 saturated carbocycles. The summed E-state index contributed by atoms with van der Waals surface area (Å²) in [5, 5.41) is 6.16. The molecule has 32 heavy (non-hydrogen) atoms. The lowest BCUT2D eigenvalue weighted by Crippen LogP contribution is -2.17. The maximum Gasteiger partial charge on any atom is -0.00635 e. The minimum absolute atomic E-state index is 0.277. The van der Waals surface area contributed by atoms with Gasteiger partial charge in [0, 0.05) is 0 Å². The van der Waals surface area contributed by atoms with Crippen molar-refractivity contribution in [3.8, 4) is 0 Å². The van der Waals surface area contributed by atoms with Crippen molar-refractivity contribution in [2.75, 3.05) is 6.16 Å². The summed E-state index contributed by atoms with van der Waals surface area (Å²) < 4.78 is 0. The summed E-state index contributed by atoms with van der Waals surface area (Å²) in [6.07, 6.45) is 4.18. The summed E-state index contributed by atoms with van der Waals surface area (Å²) in [5.41, 5.74) is 1.44. The number of benzene rings is 4.